The average molecular weight is 313 g/mol. The molecule has 0 aliphatic rings. The maximum atomic E-state index is 12.0. The first-order valence-corrected chi connectivity index (χ1v) is 7.79. The Morgan fingerprint density at radius 3 is 2.61 bits per heavy atom. The molecule has 5 nitrogen and oxygen atoms in total. The molecule has 0 radical (unpaired) electrons. The van der Waals surface area contributed by atoms with Crippen LogP contribution in [0.15, 0.2) is 53.5 Å². The van der Waals surface area contributed by atoms with Crippen molar-refractivity contribution in [3.63, 3.8) is 0 Å². The number of aromatic nitrogens is 1. The normalized spacial score (nSPS) is 10.3. The van der Waals surface area contributed by atoms with E-state index in [-0.39, 0.29) is 11.5 Å². The summed E-state index contributed by atoms with van der Waals surface area (Å²) in [6.07, 6.45) is 3.49. The Morgan fingerprint density at radius 1 is 1.17 bits per heavy atom. The molecule has 1 aromatic heterocycles. The molecule has 1 amide bonds. The first kappa shape index (κ1) is 16.8. The van der Waals surface area contributed by atoms with Crippen LogP contribution in [0, 0.1) is 0 Å². The fourth-order valence-corrected chi connectivity index (χ4v) is 2.28. The van der Waals surface area contributed by atoms with Gasteiger partial charge in [-0.15, -0.1) is 0 Å². The molecule has 0 atom stereocenters. The lowest BCUT2D eigenvalue weighted by Crippen LogP contribution is -2.27. The van der Waals surface area contributed by atoms with E-state index >= 15 is 0 Å². The van der Waals surface area contributed by atoms with Gasteiger partial charge in [-0.1, -0.05) is 18.2 Å². The van der Waals surface area contributed by atoms with E-state index in [0.29, 0.717) is 12.1 Å². The number of carbonyl (C=O) groups is 1. The minimum Gasteiger partial charge on any atom is -0.375 e. The summed E-state index contributed by atoms with van der Waals surface area (Å²) in [4.78, 5) is 25.7. The summed E-state index contributed by atoms with van der Waals surface area (Å²) < 4.78 is 1.44. The van der Waals surface area contributed by atoms with Crippen molar-refractivity contribution < 1.29 is 4.79 Å². The van der Waals surface area contributed by atoms with Crippen LogP contribution in [0.2, 0.25) is 0 Å². The summed E-state index contributed by atoms with van der Waals surface area (Å²) >= 11 is 0. The molecular weight excluding hydrogens is 290 g/mol. The number of rotatable bonds is 7. The Labute approximate surface area is 136 Å². The molecule has 1 N–H and O–H groups in total. The molecule has 0 fully saturated rings. The van der Waals surface area contributed by atoms with E-state index in [1.54, 1.807) is 19.3 Å². The van der Waals surface area contributed by atoms with Crippen molar-refractivity contribution in [1.29, 1.82) is 0 Å². The van der Waals surface area contributed by atoms with Crippen LogP contribution in [0.4, 0.5) is 5.69 Å². The maximum Gasteiger partial charge on any atom is 0.251 e. The number of anilines is 1. The van der Waals surface area contributed by atoms with Gasteiger partial charge in [-0.05, 0) is 31.0 Å². The third kappa shape index (κ3) is 4.98. The molecule has 122 valence electrons. The zero-order chi connectivity index (χ0) is 16.7. The number of nitrogens with one attached hydrogen (secondary N) is 1. The van der Waals surface area contributed by atoms with Crippen molar-refractivity contribution in [1.82, 2.24) is 9.88 Å². The Bertz CT molecular complexity index is 695. The third-order valence-electron chi connectivity index (χ3n) is 3.77. The number of unbranched alkanes of at least 4 members (excludes halogenated alkanes) is 1. The first-order chi connectivity index (χ1) is 11.1. The standard InChI is InChI=1S/C18H23N3O2/c1-20(16-8-4-3-5-9-16)12-7-6-11-19-18(23)15-10-13-21(2)17(22)14-15/h3-5,8-10,13-14H,6-7,11-12H2,1-2H3,(H,19,23). The molecule has 2 rings (SSSR count). The smallest absolute Gasteiger partial charge is 0.251 e. The van der Waals surface area contributed by atoms with Gasteiger partial charge in [0.05, 0.1) is 0 Å². The van der Waals surface area contributed by atoms with Gasteiger partial charge in [0.15, 0.2) is 0 Å². The quantitative estimate of drug-likeness (QED) is 0.796. The molecule has 0 saturated carbocycles. The lowest BCUT2D eigenvalue weighted by atomic mass is 10.2. The van der Waals surface area contributed by atoms with Gasteiger partial charge in [0.2, 0.25) is 0 Å². The number of para-hydroxylation sites is 1. The zero-order valence-corrected chi connectivity index (χ0v) is 13.7. The number of benzene rings is 1. The number of hydrogen-bond acceptors (Lipinski definition) is 3. The lowest BCUT2D eigenvalue weighted by Gasteiger charge is -2.19. The van der Waals surface area contributed by atoms with Crippen LogP contribution in [-0.2, 0) is 7.05 Å². The van der Waals surface area contributed by atoms with Crippen LogP contribution in [-0.4, -0.2) is 30.6 Å². The summed E-state index contributed by atoms with van der Waals surface area (Å²) in [5.74, 6) is -0.195. The second-order valence-electron chi connectivity index (χ2n) is 5.58. The monoisotopic (exact) mass is 313 g/mol. The van der Waals surface area contributed by atoms with Crippen molar-refractivity contribution in [2.24, 2.45) is 7.05 Å². The van der Waals surface area contributed by atoms with Gasteiger partial charge in [0, 0.05) is 50.7 Å². The second-order valence-corrected chi connectivity index (χ2v) is 5.58. The van der Waals surface area contributed by atoms with Gasteiger partial charge in [-0.25, -0.2) is 0 Å². The molecule has 0 unspecified atom stereocenters. The topological polar surface area (TPSA) is 54.3 Å². The Kier molecular flexibility index (Phi) is 5.97. The number of carbonyl (C=O) groups excluding carboxylic acids is 1. The van der Waals surface area contributed by atoms with E-state index < -0.39 is 0 Å². The van der Waals surface area contributed by atoms with Crippen molar-refractivity contribution in [2.45, 2.75) is 12.8 Å². The van der Waals surface area contributed by atoms with Crippen molar-refractivity contribution in [3.05, 3.63) is 64.6 Å². The van der Waals surface area contributed by atoms with E-state index in [9.17, 15) is 9.59 Å². The van der Waals surface area contributed by atoms with Crippen molar-refractivity contribution in [3.8, 4) is 0 Å². The van der Waals surface area contributed by atoms with Crippen molar-refractivity contribution >= 4 is 11.6 Å². The first-order valence-electron chi connectivity index (χ1n) is 7.79. The zero-order valence-electron chi connectivity index (χ0n) is 13.7. The van der Waals surface area contributed by atoms with Gasteiger partial charge >= 0.3 is 0 Å². The molecule has 0 spiro atoms. The summed E-state index contributed by atoms with van der Waals surface area (Å²) in [6.45, 7) is 1.54. The Balaban J connectivity index is 1.70. The lowest BCUT2D eigenvalue weighted by molar-refractivity contribution is 0.0952. The van der Waals surface area contributed by atoms with Gasteiger partial charge < -0.3 is 14.8 Å². The predicted octanol–water partition coefficient (Wildman–Crippen LogP) is 2.03. The highest BCUT2D eigenvalue weighted by atomic mass is 16.2. The SMILES string of the molecule is CN(CCCCNC(=O)c1ccn(C)c(=O)c1)c1ccccc1. The molecule has 2 aromatic rings. The van der Waals surface area contributed by atoms with Crippen LogP contribution < -0.4 is 15.8 Å². The van der Waals surface area contributed by atoms with E-state index in [0.717, 1.165) is 19.4 Å². The predicted molar refractivity (Wildman–Crippen MR) is 93.0 cm³/mol. The molecular formula is C18H23N3O2. The Morgan fingerprint density at radius 2 is 1.91 bits per heavy atom. The molecule has 0 aliphatic carbocycles. The second kappa shape index (κ2) is 8.17. The number of aryl methyl sites for hydroxylation is 1. The van der Waals surface area contributed by atoms with E-state index in [2.05, 4.69) is 29.4 Å². The molecule has 1 aromatic carbocycles. The summed E-state index contributed by atoms with van der Waals surface area (Å²) in [5.41, 5.74) is 1.42. The molecule has 1 heterocycles. The summed E-state index contributed by atoms with van der Waals surface area (Å²) in [7, 11) is 3.72. The van der Waals surface area contributed by atoms with Gasteiger partial charge in [-0.3, -0.25) is 9.59 Å². The van der Waals surface area contributed by atoms with E-state index in [1.807, 2.05) is 18.2 Å². The minimum absolute atomic E-state index is 0.179. The molecule has 23 heavy (non-hydrogen) atoms. The highest BCUT2D eigenvalue weighted by molar-refractivity contribution is 5.93. The van der Waals surface area contributed by atoms with Crippen molar-refractivity contribution in [2.75, 3.05) is 25.0 Å². The fourth-order valence-electron chi connectivity index (χ4n) is 2.28. The van der Waals surface area contributed by atoms with Crippen LogP contribution in [0.3, 0.4) is 0 Å². The van der Waals surface area contributed by atoms with E-state index in [1.165, 1.54) is 16.3 Å². The van der Waals surface area contributed by atoms with Crippen LogP contribution in [0.5, 0.6) is 0 Å². The third-order valence-corrected chi connectivity index (χ3v) is 3.77. The van der Waals surface area contributed by atoms with Gasteiger partial charge in [-0.2, -0.15) is 0 Å². The maximum absolute atomic E-state index is 12.0. The summed E-state index contributed by atoms with van der Waals surface area (Å²) in [5, 5.41) is 2.85. The van der Waals surface area contributed by atoms with Gasteiger partial charge in [0.25, 0.3) is 11.5 Å². The van der Waals surface area contributed by atoms with E-state index in [4.69, 9.17) is 0 Å². The molecule has 5 heteroatoms. The fraction of sp³-hybridized carbons (Fsp3) is 0.333. The van der Waals surface area contributed by atoms with Crippen LogP contribution >= 0.6 is 0 Å². The Hall–Kier alpha value is -2.56. The summed E-state index contributed by atoms with van der Waals surface area (Å²) in [6, 6.07) is 13.2. The van der Waals surface area contributed by atoms with Crippen LogP contribution in [0.25, 0.3) is 0 Å². The van der Waals surface area contributed by atoms with Gasteiger partial charge in [0.1, 0.15) is 0 Å². The highest BCUT2D eigenvalue weighted by Crippen LogP contribution is 2.11. The largest absolute Gasteiger partial charge is 0.375 e. The molecule has 0 aliphatic heterocycles. The number of pyridine rings is 1. The number of nitrogens with zero attached hydrogens (tertiary/aromatic N) is 2. The molecule has 0 bridgehead atoms. The number of amides is 1. The average Bonchev–Trinajstić information content (AvgIpc) is 2.57. The molecule has 0 saturated heterocycles. The highest BCUT2D eigenvalue weighted by Gasteiger charge is 2.06. The minimum atomic E-state index is -0.195. The number of hydrogen-bond donors (Lipinski definition) is 1. The van der Waals surface area contributed by atoms with Crippen LogP contribution in [0.1, 0.15) is 23.2 Å².